The molecule has 0 radical (unpaired) electrons. The minimum Gasteiger partial charge on any atom is -0.497 e. The van der Waals surface area contributed by atoms with Crippen molar-refractivity contribution >= 4 is 21.4 Å². The van der Waals surface area contributed by atoms with E-state index in [0.717, 1.165) is 0 Å². The fourth-order valence-corrected chi connectivity index (χ4v) is 3.71. The van der Waals surface area contributed by atoms with Gasteiger partial charge >= 0.3 is 0 Å². The van der Waals surface area contributed by atoms with E-state index in [1.807, 2.05) is 0 Å². The fraction of sp³-hybridized carbons (Fsp3) is 0.538. The Hall–Kier alpha value is -0.780. The lowest BCUT2D eigenvalue weighted by molar-refractivity contribution is 0.154. The van der Waals surface area contributed by atoms with E-state index in [1.165, 1.54) is 14.0 Å². The van der Waals surface area contributed by atoms with Gasteiger partial charge in [-0.1, -0.05) is 37.6 Å². The van der Waals surface area contributed by atoms with Gasteiger partial charge in [0.2, 0.25) is 0 Å². The number of alkyl halides is 1. The molecule has 108 valence electrons. The molecule has 0 saturated heterocycles. The second kappa shape index (κ2) is 6.11. The first-order chi connectivity index (χ1) is 8.82. The first-order valence-electron chi connectivity index (χ1n) is 6.05. The second-order valence-electron chi connectivity index (χ2n) is 4.22. The van der Waals surface area contributed by atoms with Gasteiger partial charge in [0, 0.05) is 5.75 Å². The highest BCUT2D eigenvalue weighted by Crippen LogP contribution is 2.40. The van der Waals surface area contributed by atoms with Gasteiger partial charge < -0.3 is 9.84 Å². The molecule has 0 amide bonds. The van der Waals surface area contributed by atoms with Crippen LogP contribution in [0.4, 0.5) is 0 Å². The number of benzene rings is 1. The van der Waals surface area contributed by atoms with Gasteiger partial charge in [-0.05, 0) is 24.1 Å². The van der Waals surface area contributed by atoms with Gasteiger partial charge in [-0.2, -0.15) is 0 Å². The summed E-state index contributed by atoms with van der Waals surface area (Å²) >= 11 is 6.20. The highest BCUT2D eigenvalue weighted by molar-refractivity contribution is 7.94. The molecular formula is C13H19ClO4S. The monoisotopic (exact) mass is 306 g/mol. The Bertz CT molecular complexity index is 512. The highest BCUT2D eigenvalue weighted by atomic mass is 35.5. The van der Waals surface area contributed by atoms with Crippen molar-refractivity contribution in [2.45, 2.75) is 30.6 Å². The maximum absolute atomic E-state index is 12.1. The van der Waals surface area contributed by atoms with Gasteiger partial charge in [0.05, 0.1) is 7.11 Å². The zero-order chi connectivity index (χ0) is 14.7. The minimum absolute atomic E-state index is 0.114. The Morgan fingerprint density at radius 3 is 2.21 bits per heavy atom. The average molecular weight is 307 g/mol. The molecular weight excluding hydrogens is 288 g/mol. The third-order valence-electron chi connectivity index (χ3n) is 3.22. The zero-order valence-electron chi connectivity index (χ0n) is 11.3. The number of rotatable bonds is 6. The van der Waals surface area contributed by atoms with E-state index in [9.17, 15) is 13.5 Å². The largest absolute Gasteiger partial charge is 0.497 e. The Kier molecular flexibility index (Phi) is 5.24. The van der Waals surface area contributed by atoms with Crippen molar-refractivity contribution in [1.82, 2.24) is 0 Å². The summed E-state index contributed by atoms with van der Waals surface area (Å²) in [6.45, 7) is 3.16. The lowest BCUT2D eigenvalue weighted by atomic mass is 10.0. The van der Waals surface area contributed by atoms with E-state index in [-0.39, 0.29) is 12.2 Å². The molecule has 4 nitrogen and oxygen atoms in total. The van der Waals surface area contributed by atoms with E-state index in [1.54, 1.807) is 31.2 Å². The summed E-state index contributed by atoms with van der Waals surface area (Å²) in [6, 6.07) is 6.54. The molecule has 2 unspecified atom stereocenters. The number of halogens is 1. The van der Waals surface area contributed by atoms with Gasteiger partial charge in [-0.3, -0.25) is 0 Å². The molecule has 0 aromatic heterocycles. The van der Waals surface area contributed by atoms with Crippen molar-refractivity contribution < 1.29 is 18.3 Å². The zero-order valence-corrected chi connectivity index (χ0v) is 12.8. The van der Waals surface area contributed by atoms with Crippen molar-refractivity contribution in [3.05, 3.63) is 29.8 Å². The summed E-state index contributed by atoms with van der Waals surface area (Å²) in [5, 5.41) is 10.3. The van der Waals surface area contributed by atoms with Crippen LogP contribution >= 0.6 is 11.6 Å². The van der Waals surface area contributed by atoms with Crippen LogP contribution in [0.5, 0.6) is 5.75 Å². The van der Waals surface area contributed by atoms with Crippen LogP contribution in [-0.2, 0) is 9.84 Å². The molecule has 19 heavy (non-hydrogen) atoms. The molecule has 2 atom stereocenters. The van der Waals surface area contributed by atoms with Crippen LogP contribution in [0.2, 0.25) is 0 Å². The van der Waals surface area contributed by atoms with Gasteiger partial charge in [-0.25, -0.2) is 8.42 Å². The summed E-state index contributed by atoms with van der Waals surface area (Å²) in [5.41, 5.74) is 0.453. The van der Waals surface area contributed by atoms with Crippen LogP contribution in [0.25, 0.3) is 0 Å². The SMILES string of the molecule is CCC(Cl)(C(O)c1ccc(OC)cc1)S(=O)(=O)CC. The van der Waals surface area contributed by atoms with Gasteiger partial charge in [0.1, 0.15) is 11.9 Å². The molecule has 6 heteroatoms. The Labute approximate surface area is 119 Å². The van der Waals surface area contributed by atoms with Crippen molar-refractivity contribution in [1.29, 1.82) is 0 Å². The smallest absolute Gasteiger partial charge is 0.175 e. The normalized spacial score (nSPS) is 16.7. The first-order valence-corrected chi connectivity index (χ1v) is 8.08. The van der Waals surface area contributed by atoms with Crippen LogP contribution in [-0.4, -0.2) is 30.6 Å². The van der Waals surface area contributed by atoms with E-state index in [4.69, 9.17) is 16.3 Å². The topological polar surface area (TPSA) is 63.6 Å². The molecule has 0 bridgehead atoms. The number of aliphatic hydroxyl groups is 1. The quantitative estimate of drug-likeness (QED) is 0.820. The van der Waals surface area contributed by atoms with E-state index >= 15 is 0 Å². The summed E-state index contributed by atoms with van der Waals surface area (Å²) in [5.74, 6) is 0.517. The van der Waals surface area contributed by atoms with Crippen LogP contribution in [0.1, 0.15) is 31.9 Å². The van der Waals surface area contributed by atoms with Crippen molar-refractivity contribution in [2.24, 2.45) is 0 Å². The summed E-state index contributed by atoms with van der Waals surface area (Å²) in [6.07, 6.45) is -1.16. The molecule has 0 heterocycles. The van der Waals surface area contributed by atoms with E-state index < -0.39 is 20.1 Å². The third kappa shape index (κ3) is 3.04. The lowest BCUT2D eigenvalue weighted by Gasteiger charge is -2.30. The van der Waals surface area contributed by atoms with Crippen LogP contribution in [0.15, 0.2) is 24.3 Å². The molecule has 1 rings (SSSR count). The summed E-state index contributed by atoms with van der Waals surface area (Å²) in [7, 11) is -2.06. The predicted octanol–water partition coefficient (Wildman–Crippen LogP) is 2.51. The van der Waals surface area contributed by atoms with Crippen molar-refractivity contribution in [3.63, 3.8) is 0 Å². The number of sulfone groups is 1. The van der Waals surface area contributed by atoms with Crippen molar-refractivity contribution in [3.8, 4) is 5.75 Å². The van der Waals surface area contributed by atoms with E-state index in [0.29, 0.717) is 11.3 Å². The van der Waals surface area contributed by atoms with E-state index in [2.05, 4.69) is 0 Å². The molecule has 0 fully saturated rings. The lowest BCUT2D eigenvalue weighted by Crippen LogP contribution is -2.39. The number of hydrogen-bond acceptors (Lipinski definition) is 4. The molecule has 0 aliphatic rings. The number of aliphatic hydroxyl groups excluding tert-OH is 1. The minimum atomic E-state index is -3.59. The van der Waals surface area contributed by atoms with Gasteiger partial charge in [-0.15, -0.1) is 0 Å². The molecule has 0 aliphatic carbocycles. The second-order valence-corrected chi connectivity index (χ2v) is 7.65. The number of ether oxygens (including phenoxy) is 1. The Morgan fingerprint density at radius 1 is 1.32 bits per heavy atom. The standard InChI is InChI=1S/C13H19ClO4S/c1-4-13(14,19(16,17)5-2)12(15)10-6-8-11(18-3)9-7-10/h6-9,12,15H,4-5H2,1-3H3. The number of methoxy groups -OCH3 is 1. The summed E-state index contributed by atoms with van der Waals surface area (Å²) in [4.78, 5) is 0. The molecule has 0 saturated carbocycles. The van der Waals surface area contributed by atoms with Crippen LogP contribution in [0.3, 0.4) is 0 Å². The molecule has 0 spiro atoms. The van der Waals surface area contributed by atoms with Gasteiger partial charge in [0.25, 0.3) is 0 Å². The van der Waals surface area contributed by atoms with Gasteiger partial charge in [0.15, 0.2) is 14.0 Å². The first kappa shape index (κ1) is 16.3. The molecule has 1 aromatic rings. The number of hydrogen-bond donors (Lipinski definition) is 1. The summed E-state index contributed by atoms with van der Waals surface area (Å²) < 4.78 is 27.5. The highest BCUT2D eigenvalue weighted by Gasteiger charge is 2.46. The van der Waals surface area contributed by atoms with Crippen LogP contribution < -0.4 is 4.74 Å². The van der Waals surface area contributed by atoms with Crippen molar-refractivity contribution in [2.75, 3.05) is 12.9 Å². The fourth-order valence-electron chi connectivity index (χ4n) is 1.86. The average Bonchev–Trinajstić information content (AvgIpc) is 2.45. The maximum atomic E-state index is 12.1. The maximum Gasteiger partial charge on any atom is 0.175 e. The predicted molar refractivity (Wildman–Crippen MR) is 76.3 cm³/mol. The Balaban J connectivity index is 3.17. The molecule has 1 N–H and O–H groups in total. The molecule has 0 aliphatic heterocycles. The Morgan fingerprint density at radius 2 is 1.84 bits per heavy atom. The molecule has 1 aromatic carbocycles. The van der Waals surface area contributed by atoms with Crippen LogP contribution in [0, 0.1) is 0 Å². The third-order valence-corrected chi connectivity index (χ3v) is 6.70.